The molecule has 0 bridgehead atoms. The second-order valence-corrected chi connectivity index (χ2v) is 6.02. The van der Waals surface area contributed by atoms with Gasteiger partial charge in [0.2, 0.25) is 0 Å². The lowest BCUT2D eigenvalue weighted by Gasteiger charge is -2.07. The van der Waals surface area contributed by atoms with Crippen LogP contribution >= 0.6 is 23.4 Å². The monoisotopic (exact) mass is 336 g/mol. The second kappa shape index (κ2) is 9.33. The van der Waals surface area contributed by atoms with Crippen molar-refractivity contribution in [2.75, 3.05) is 12.3 Å². The Bertz CT molecular complexity index is 596. The summed E-state index contributed by atoms with van der Waals surface area (Å²) in [7, 11) is 0. The van der Waals surface area contributed by atoms with Crippen LogP contribution < -0.4 is 5.32 Å². The van der Waals surface area contributed by atoms with Crippen LogP contribution in [0.5, 0.6) is 0 Å². The van der Waals surface area contributed by atoms with Crippen LogP contribution in [-0.4, -0.2) is 23.4 Å². The number of nitrogens with one attached hydrogen (secondary N) is 1. The van der Waals surface area contributed by atoms with Crippen molar-refractivity contribution in [3.8, 4) is 0 Å². The minimum absolute atomic E-state index is 0.287. The van der Waals surface area contributed by atoms with E-state index in [-0.39, 0.29) is 6.61 Å². The Morgan fingerprint density at radius 3 is 2.82 bits per heavy atom. The standard InChI is InChI=1S/C16H17ClN2O2S/c17-15-10-14(6-7-18-15)12-22-9-8-19-16(20)21-11-13-4-2-1-3-5-13/h1-7,10H,8-9,11-12H2,(H,19,20). The average molecular weight is 337 g/mol. The quantitative estimate of drug-likeness (QED) is 0.615. The molecule has 6 heteroatoms. The maximum absolute atomic E-state index is 11.5. The summed E-state index contributed by atoms with van der Waals surface area (Å²) in [4.78, 5) is 15.5. The molecule has 2 aromatic rings. The Balaban J connectivity index is 1.55. The number of amides is 1. The van der Waals surface area contributed by atoms with E-state index in [4.69, 9.17) is 16.3 Å². The number of hydrogen-bond acceptors (Lipinski definition) is 4. The molecule has 0 atom stereocenters. The SMILES string of the molecule is O=C(NCCSCc1ccnc(Cl)c1)OCc1ccccc1. The van der Waals surface area contributed by atoms with Crippen LogP contribution in [-0.2, 0) is 17.1 Å². The maximum atomic E-state index is 11.5. The first kappa shape index (κ1) is 16.6. The number of thioether (sulfide) groups is 1. The summed E-state index contributed by atoms with van der Waals surface area (Å²) in [5.74, 6) is 1.64. The molecule has 2 rings (SSSR count). The van der Waals surface area contributed by atoms with E-state index in [1.165, 1.54) is 0 Å². The van der Waals surface area contributed by atoms with Crippen LogP contribution in [0.25, 0.3) is 0 Å². The summed E-state index contributed by atoms with van der Waals surface area (Å²) < 4.78 is 5.12. The van der Waals surface area contributed by atoms with Crippen LogP contribution in [0.3, 0.4) is 0 Å². The van der Waals surface area contributed by atoms with Crippen molar-refractivity contribution in [3.05, 3.63) is 64.9 Å². The van der Waals surface area contributed by atoms with Gasteiger partial charge >= 0.3 is 6.09 Å². The molecule has 4 nitrogen and oxygen atoms in total. The Morgan fingerprint density at radius 1 is 1.23 bits per heavy atom. The first-order chi connectivity index (χ1) is 10.7. The number of benzene rings is 1. The smallest absolute Gasteiger partial charge is 0.407 e. The molecule has 0 saturated heterocycles. The van der Waals surface area contributed by atoms with Gasteiger partial charge in [0.05, 0.1) is 0 Å². The Labute approximate surface area is 139 Å². The molecule has 0 saturated carbocycles. The summed E-state index contributed by atoms with van der Waals surface area (Å²) in [6.45, 7) is 0.854. The molecule has 0 spiro atoms. The van der Waals surface area contributed by atoms with E-state index in [2.05, 4.69) is 10.3 Å². The molecule has 0 fully saturated rings. The molecule has 1 heterocycles. The summed E-state index contributed by atoms with van der Waals surface area (Å²) in [5.41, 5.74) is 2.10. The van der Waals surface area contributed by atoms with Gasteiger partial charge < -0.3 is 10.1 Å². The number of carbonyl (C=O) groups is 1. The fourth-order valence-corrected chi connectivity index (χ4v) is 2.72. The van der Waals surface area contributed by atoms with E-state index < -0.39 is 6.09 Å². The van der Waals surface area contributed by atoms with Crippen LogP contribution in [0, 0.1) is 0 Å². The fourth-order valence-electron chi connectivity index (χ4n) is 1.72. The van der Waals surface area contributed by atoms with Crippen LogP contribution in [0.2, 0.25) is 5.15 Å². The Hall–Kier alpha value is -1.72. The highest BCUT2D eigenvalue weighted by molar-refractivity contribution is 7.98. The molecule has 1 aromatic carbocycles. The molecule has 116 valence electrons. The van der Waals surface area contributed by atoms with E-state index in [1.54, 1.807) is 18.0 Å². The molecule has 0 unspecified atom stereocenters. The lowest BCUT2D eigenvalue weighted by molar-refractivity contribution is 0.140. The first-order valence-corrected chi connectivity index (χ1v) is 8.40. The lowest BCUT2D eigenvalue weighted by Crippen LogP contribution is -2.26. The molecule has 0 radical (unpaired) electrons. The summed E-state index contributed by atoms with van der Waals surface area (Å²) >= 11 is 7.53. The first-order valence-electron chi connectivity index (χ1n) is 6.87. The summed E-state index contributed by atoms with van der Waals surface area (Å²) in [6.07, 6.45) is 1.30. The maximum Gasteiger partial charge on any atom is 0.407 e. The minimum atomic E-state index is -0.392. The van der Waals surface area contributed by atoms with Crippen molar-refractivity contribution in [1.29, 1.82) is 0 Å². The van der Waals surface area contributed by atoms with Gasteiger partial charge in [-0.2, -0.15) is 11.8 Å². The normalized spacial score (nSPS) is 10.2. The number of pyridine rings is 1. The zero-order valence-electron chi connectivity index (χ0n) is 12.0. The van der Waals surface area contributed by atoms with Gasteiger partial charge in [-0.15, -0.1) is 0 Å². The van der Waals surface area contributed by atoms with Crippen molar-refractivity contribution in [2.45, 2.75) is 12.4 Å². The van der Waals surface area contributed by atoms with Crippen molar-refractivity contribution in [2.24, 2.45) is 0 Å². The van der Waals surface area contributed by atoms with E-state index >= 15 is 0 Å². The largest absolute Gasteiger partial charge is 0.445 e. The number of carbonyl (C=O) groups excluding carboxylic acids is 1. The van der Waals surface area contributed by atoms with Gasteiger partial charge in [0.15, 0.2) is 0 Å². The highest BCUT2D eigenvalue weighted by Gasteiger charge is 2.02. The van der Waals surface area contributed by atoms with E-state index in [1.807, 2.05) is 42.5 Å². The molecule has 0 aliphatic rings. The topological polar surface area (TPSA) is 51.2 Å². The van der Waals surface area contributed by atoms with E-state index in [9.17, 15) is 4.79 Å². The lowest BCUT2D eigenvalue weighted by atomic mass is 10.2. The van der Waals surface area contributed by atoms with Gasteiger partial charge in [-0.05, 0) is 23.3 Å². The molecule has 0 aliphatic carbocycles. The van der Waals surface area contributed by atoms with Gasteiger partial charge in [-0.3, -0.25) is 0 Å². The number of alkyl carbamates (subject to hydrolysis) is 1. The van der Waals surface area contributed by atoms with Crippen molar-refractivity contribution < 1.29 is 9.53 Å². The van der Waals surface area contributed by atoms with Gasteiger partial charge in [0.25, 0.3) is 0 Å². The van der Waals surface area contributed by atoms with Crippen LogP contribution in [0.4, 0.5) is 4.79 Å². The third-order valence-corrected chi connectivity index (χ3v) is 4.03. The molecule has 1 N–H and O–H groups in total. The summed E-state index contributed by atoms with van der Waals surface area (Å²) in [6, 6.07) is 13.4. The third kappa shape index (κ3) is 6.37. The van der Waals surface area contributed by atoms with Crippen LogP contribution in [0.15, 0.2) is 48.7 Å². The predicted octanol–water partition coefficient (Wildman–Crippen LogP) is 3.89. The van der Waals surface area contributed by atoms with Gasteiger partial charge in [-0.25, -0.2) is 9.78 Å². The molecular weight excluding hydrogens is 320 g/mol. The number of rotatable bonds is 7. The highest BCUT2D eigenvalue weighted by atomic mass is 35.5. The minimum Gasteiger partial charge on any atom is -0.445 e. The van der Waals surface area contributed by atoms with Crippen molar-refractivity contribution in [1.82, 2.24) is 10.3 Å². The molecule has 0 aliphatic heterocycles. The van der Waals surface area contributed by atoms with Gasteiger partial charge in [-0.1, -0.05) is 41.9 Å². The fraction of sp³-hybridized carbons (Fsp3) is 0.250. The summed E-state index contributed by atoms with van der Waals surface area (Å²) in [5, 5.41) is 3.23. The van der Waals surface area contributed by atoms with Crippen molar-refractivity contribution in [3.63, 3.8) is 0 Å². The number of hydrogen-bond donors (Lipinski definition) is 1. The number of aromatic nitrogens is 1. The Kier molecular flexibility index (Phi) is 7.06. The second-order valence-electron chi connectivity index (χ2n) is 4.53. The molecular formula is C16H17ClN2O2S. The van der Waals surface area contributed by atoms with Gasteiger partial charge in [0.1, 0.15) is 11.8 Å². The molecule has 1 aromatic heterocycles. The zero-order valence-corrected chi connectivity index (χ0v) is 13.6. The van der Waals surface area contributed by atoms with Crippen molar-refractivity contribution >= 4 is 29.5 Å². The van der Waals surface area contributed by atoms with Gasteiger partial charge in [0, 0.05) is 24.2 Å². The van der Waals surface area contributed by atoms with Crippen LogP contribution in [0.1, 0.15) is 11.1 Å². The number of halogens is 1. The van der Waals surface area contributed by atoms with E-state index in [0.29, 0.717) is 11.7 Å². The number of nitrogens with zero attached hydrogens (tertiary/aromatic N) is 1. The zero-order chi connectivity index (χ0) is 15.6. The highest BCUT2D eigenvalue weighted by Crippen LogP contribution is 2.14. The average Bonchev–Trinajstić information content (AvgIpc) is 2.54. The van der Waals surface area contributed by atoms with E-state index in [0.717, 1.165) is 22.6 Å². The third-order valence-electron chi connectivity index (χ3n) is 2.79. The molecule has 1 amide bonds. The molecule has 22 heavy (non-hydrogen) atoms. The number of ether oxygens (including phenoxy) is 1. The Morgan fingerprint density at radius 2 is 2.05 bits per heavy atom. The predicted molar refractivity (Wildman–Crippen MR) is 90.0 cm³/mol.